The lowest BCUT2D eigenvalue weighted by atomic mass is 9.98. The van der Waals surface area contributed by atoms with Gasteiger partial charge in [0.15, 0.2) is 0 Å². The molecule has 0 aliphatic heterocycles. The SMILES string of the molecule is C/C=C(\C=C/CC)/C=C(\C#N)c1ccc(/C(C#N)=C/c2ccc(C)cc2)cc1. The zero-order valence-electron chi connectivity index (χ0n) is 16.6. The maximum absolute atomic E-state index is 9.56. The maximum Gasteiger partial charge on any atom is 0.0998 e. The number of aryl methyl sites for hydroxylation is 1. The Morgan fingerprint density at radius 3 is 1.96 bits per heavy atom. The molecule has 0 heterocycles. The van der Waals surface area contributed by atoms with Gasteiger partial charge in [0.25, 0.3) is 0 Å². The summed E-state index contributed by atoms with van der Waals surface area (Å²) in [5, 5.41) is 19.1. The molecule has 0 fully saturated rings. The van der Waals surface area contributed by atoms with Crippen LogP contribution in [0.5, 0.6) is 0 Å². The van der Waals surface area contributed by atoms with Crippen LogP contribution in [0, 0.1) is 29.6 Å². The van der Waals surface area contributed by atoms with E-state index in [4.69, 9.17) is 0 Å². The van der Waals surface area contributed by atoms with Crippen molar-refractivity contribution in [2.45, 2.75) is 27.2 Å². The van der Waals surface area contributed by atoms with Crippen LogP contribution in [-0.4, -0.2) is 0 Å². The Bertz CT molecular complexity index is 1000. The van der Waals surface area contributed by atoms with Crippen LogP contribution in [-0.2, 0) is 0 Å². The minimum atomic E-state index is 0.595. The molecule has 28 heavy (non-hydrogen) atoms. The van der Waals surface area contributed by atoms with Crippen LogP contribution >= 0.6 is 0 Å². The predicted molar refractivity (Wildman–Crippen MR) is 118 cm³/mol. The number of benzene rings is 2. The summed E-state index contributed by atoms with van der Waals surface area (Å²) < 4.78 is 0. The molecule has 0 unspecified atom stereocenters. The van der Waals surface area contributed by atoms with E-state index in [1.54, 1.807) is 0 Å². The molecule has 0 amide bonds. The van der Waals surface area contributed by atoms with Crippen molar-refractivity contribution in [3.8, 4) is 12.1 Å². The molecule has 2 aromatic rings. The summed E-state index contributed by atoms with van der Waals surface area (Å²) in [5.41, 5.74) is 6.04. The molecule has 0 bridgehead atoms. The van der Waals surface area contributed by atoms with Gasteiger partial charge < -0.3 is 0 Å². The quantitative estimate of drug-likeness (QED) is 0.319. The standard InChI is InChI=1S/C26H24N2/c1-4-6-7-21(5-2)16-25(18-27)23-12-14-24(15-13-23)26(19-28)17-22-10-8-20(3)9-11-22/h5-17H,4H2,1-3H3/b7-6-,21-5+,25-16+,26-17+. The van der Waals surface area contributed by atoms with Crippen molar-refractivity contribution >= 4 is 17.2 Å². The van der Waals surface area contributed by atoms with Crippen LogP contribution in [0.4, 0.5) is 0 Å². The third-order valence-electron chi connectivity index (χ3n) is 4.33. The number of allylic oxidation sites excluding steroid dienone is 7. The first-order chi connectivity index (χ1) is 13.6. The van der Waals surface area contributed by atoms with E-state index in [9.17, 15) is 10.5 Å². The van der Waals surface area contributed by atoms with Crippen LogP contribution in [0.2, 0.25) is 0 Å². The van der Waals surface area contributed by atoms with Gasteiger partial charge >= 0.3 is 0 Å². The first-order valence-corrected chi connectivity index (χ1v) is 9.35. The van der Waals surface area contributed by atoms with E-state index >= 15 is 0 Å². The van der Waals surface area contributed by atoms with E-state index in [0.29, 0.717) is 11.1 Å². The monoisotopic (exact) mass is 364 g/mol. The van der Waals surface area contributed by atoms with Gasteiger partial charge in [-0.2, -0.15) is 10.5 Å². The van der Waals surface area contributed by atoms with Crippen LogP contribution in [0.15, 0.2) is 78.4 Å². The van der Waals surface area contributed by atoms with Gasteiger partial charge in [-0.15, -0.1) is 0 Å². The van der Waals surface area contributed by atoms with Gasteiger partial charge in [0.2, 0.25) is 0 Å². The molecule has 0 aliphatic carbocycles. The summed E-state index contributed by atoms with van der Waals surface area (Å²) in [4.78, 5) is 0. The van der Waals surface area contributed by atoms with E-state index in [1.165, 1.54) is 5.56 Å². The average molecular weight is 364 g/mol. The van der Waals surface area contributed by atoms with Gasteiger partial charge in [0.05, 0.1) is 23.3 Å². The third kappa shape index (κ3) is 5.70. The summed E-state index contributed by atoms with van der Waals surface area (Å²) in [7, 11) is 0. The van der Waals surface area contributed by atoms with Gasteiger partial charge in [-0.3, -0.25) is 0 Å². The van der Waals surface area contributed by atoms with Crippen LogP contribution in [0.25, 0.3) is 17.2 Å². The summed E-state index contributed by atoms with van der Waals surface area (Å²) in [6.07, 6.45) is 10.8. The third-order valence-corrected chi connectivity index (χ3v) is 4.33. The summed E-state index contributed by atoms with van der Waals surface area (Å²) in [6.45, 7) is 6.07. The van der Waals surface area contributed by atoms with Crippen molar-refractivity contribution in [3.05, 3.63) is 101 Å². The molecule has 0 N–H and O–H groups in total. The fourth-order valence-corrected chi connectivity index (χ4v) is 2.67. The Morgan fingerprint density at radius 2 is 1.46 bits per heavy atom. The van der Waals surface area contributed by atoms with Gasteiger partial charge in [0.1, 0.15) is 0 Å². The summed E-state index contributed by atoms with van der Waals surface area (Å²) in [5.74, 6) is 0. The number of hydrogen-bond donors (Lipinski definition) is 0. The van der Waals surface area contributed by atoms with E-state index in [0.717, 1.165) is 28.7 Å². The molecule has 2 aromatic carbocycles. The molecule has 0 atom stereocenters. The lowest BCUT2D eigenvalue weighted by Crippen LogP contribution is -1.87. The van der Waals surface area contributed by atoms with Crippen molar-refractivity contribution in [1.82, 2.24) is 0 Å². The van der Waals surface area contributed by atoms with E-state index in [-0.39, 0.29) is 0 Å². The lowest BCUT2D eigenvalue weighted by molar-refractivity contribution is 1.22. The van der Waals surface area contributed by atoms with Crippen molar-refractivity contribution in [1.29, 1.82) is 10.5 Å². The number of hydrogen-bond acceptors (Lipinski definition) is 2. The molecule has 2 nitrogen and oxygen atoms in total. The average Bonchev–Trinajstić information content (AvgIpc) is 2.74. The smallest absolute Gasteiger partial charge is 0.0998 e. The van der Waals surface area contributed by atoms with Crippen molar-refractivity contribution in [3.63, 3.8) is 0 Å². The summed E-state index contributed by atoms with van der Waals surface area (Å²) >= 11 is 0. The number of nitriles is 2. The van der Waals surface area contributed by atoms with Gasteiger partial charge in [-0.25, -0.2) is 0 Å². The first kappa shape index (κ1) is 20.7. The van der Waals surface area contributed by atoms with Crippen molar-refractivity contribution in [2.75, 3.05) is 0 Å². The van der Waals surface area contributed by atoms with Crippen LogP contribution in [0.1, 0.15) is 42.5 Å². The van der Waals surface area contributed by atoms with Crippen LogP contribution in [0.3, 0.4) is 0 Å². The normalized spacial score (nSPS) is 12.7. The highest BCUT2D eigenvalue weighted by Crippen LogP contribution is 2.22. The number of rotatable bonds is 6. The molecule has 0 radical (unpaired) electrons. The molecule has 0 aromatic heterocycles. The Morgan fingerprint density at radius 1 is 0.893 bits per heavy atom. The lowest BCUT2D eigenvalue weighted by Gasteiger charge is -2.04. The van der Waals surface area contributed by atoms with Gasteiger partial charge in [-0.05, 0) is 54.7 Å². The second-order valence-corrected chi connectivity index (χ2v) is 6.43. The molecule has 0 aliphatic rings. The number of nitrogens with zero attached hydrogens (tertiary/aromatic N) is 2. The highest BCUT2D eigenvalue weighted by molar-refractivity contribution is 5.90. The second kappa shape index (κ2) is 10.5. The largest absolute Gasteiger partial charge is 0.192 e. The molecule has 0 saturated heterocycles. The van der Waals surface area contributed by atoms with E-state index < -0.39 is 0 Å². The molecular weight excluding hydrogens is 340 g/mol. The molecule has 2 rings (SSSR count). The Kier molecular flexibility index (Phi) is 7.77. The fourth-order valence-electron chi connectivity index (χ4n) is 2.67. The Hall–Kier alpha value is -3.62. The topological polar surface area (TPSA) is 47.6 Å². The second-order valence-electron chi connectivity index (χ2n) is 6.43. The molecule has 0 saturated carbocycles. The van der Waals surface area contributed by atoms with Gasteiger partial charge in [0, 0.05) is 0 Å². The zero-order valence-corrected chi connectivity index (χ0v) is 16.6. The van der Waals surface area contributed by atoms with E-state index in [1.807, 2.05) is 86.7 Å². The van der Waals surface area contributed by atoms with E-state index in [2.05, 4.69) is 25.1 Å². The Balaban J connectivity index is 2.32. The van der Waals surface area contributed by atoms with Crippen molar-refractivity contribution in [2.24, 2.45) is 0 Å². The minimum absolute atomic E-state index is 0.595. The van der Waals surface area contributed by atoms with Crippen LogP contribution < -0.4 is 0 Å². The summed E-state index contributed by atoms with van der Waals surface area (Å²) in [6, 6.07) is 20.2. The highest BCUT2D eigenvalue weighted by atomic mass is 14.3. The predicted octanol–water partition coefficient (Wildman–Crippen LogP) is 6.88. The fraction of sp³-hybridized carbons (Fsp3) is 0.154. The maximum atomic E-state index is 9.56. The molecule has 138 valence electrons. The minimum Gasteiger partial charge on any atom is -0.192 e. The van der Waals surface area contributed by atoms with Gasteiger partial charge in [-0.1, -0.05) is 79.2 Å². The highest BCUT2D eigenvalue weighted by Gasteiger charge is 2.05. The first-order valence-electron chi connectivity index (χ1n) is 9.35. The zero-order chi connectivity index (χ0) is 20.4. The molecule has 0 spiro atoms. The molecular formula is C26H24N2. The molecule has 2 heteroatoms. The Labute approximate surface area is 168 Å². The van der Waals surface area contributed by atoms with Crippen molar-refractivity contribution < 1.29 is 0 Å².